The topological polar surface area (TPSA) is 86.8 Å². The largest absolute Gasteiger partial charge is 0.330 e. The Hall–Kier alpha value is -3.48. The third-order valence-corrected chi connectivity index (χ3v) is 6.54. The van der Waals surface area contributed by atoms with Gasteiger partial charge in [-0.1, -0.05) is 37.3 Å². The summed E-state index contributed by atoms with van der Waals surface area (Å²) < 4.78 is 0. The highest BCUT2D eigenvalue weighted by atomic mass is 16.2. The van der Waals surface area contributed by atoms with Crippen molar-refractivity contribution in [3.05, 3.63) is 64.7 Å². The monoisotopic (exact) mass is 435 g/mol. The summed E-state index contributed by atoms with van der Waals surface area (Å²) in [6.45, 7) is 8.83. The molecule has 7 heteroatoms. The van der Waals surface area contributed by atoms with Crippen LogP contribution in [-0.2, 0) is 9.59 Å². The third-order valence-electron chi connectivity index (χ3n) is 6.54. The lowest BCUT2D eigenvalue weighted by atomic mass is 9.94. The number of fused-ring (bicyclic) bond motifs is 1. The number of carbonyl (C=O) groups is 4. The summed E-state index contributed by atoms with van der Waals surface area (Å²) in [5.41, 5.74) is 1.94. The van der Waals surface area contributed by atoms with Gasteiger partial charge in [0.05, 0.1) is 11.1 Å². The Kier molecular flexibility index (Phi) is 6.21. The SMILES string of the molecule is CCC(C)(C(=O)Nc1c(C)cccc1C)N(C)C(=O)C(C)N1C(=O)c2ccccc2C1=O. The number of rotatable bonds is 6. The summed E-state index contributed by atoms with van der Waals surface area (Å²) >= 11 is 0. The summed E-state index contributed by atoms with van der Waals surface area (Å²) in [4.78, 5) is 54.6. The highest BCUT2D eigenvalue weighted by molar-refractivity contribution is 6.22. The molecule has 4 amide bonds. The van der Waals surface area contributed by atoms with E-state index in [0.29, 0.717) is 12.1 Å². The van der Waals surface area contributed by atoms with Gasteiger partial charge in [-0.15, -0.1) is 0 Å². The maximum Gasteiger partial charge on any atom is 0.262 e. The molecule has 0 spiro atoms. The van der Waals surface area contributed by atoms with Crippen LogP contribution < -0.4 is 5.32 Å². The summed E-state index contributed by atoms with van der Waals surface area (Å²) in [5, 5.41) is 2.97. The van der Waals surface area contributed by atoms with Crippen LogP contribution in [0, 0.1) is 13.8 Å². The molecule has 1 aliphatic rings. The molecule has 32 heavy (non-hydrogen) atoms. The van der Waals surface area contributed by atoms with Crippen molar-refractivity contribution >= 4 is 29.3 Å². The second kappa shape index (κ2) is 8.57. The standard InChI is InChI=1S/C25H29N3O4/c1-7-25(5,24(32)26-20-15(2)11-10-12-16(20)3)27(6)21(29)17(4)28-22(30)18-13-8-9-14-19(18)23(28)31/h8-14,17H,7H2,1-6H3,(H,26,32). The minimum atomic E-state index is -1.18. The first-order valence-electron chi connectivity index (χ1n) is 10.7. The molecule has 1 heterocycles. The fourth-order valence-electron chi connectivity index (χ4n) is 4.00. The maximum absolute atomic E-state index is 13.4. The van der Waals surface area contributed by atoms with Crippen molar-refractivity contribution in [3.63, 3.8) is 0 Å². The van der Waals surface area contributed by atoms with E-state index in [1.54, 1.807) is 31.2 Å². The first-order valence-corrected chi connectivity index (χ1v) is 10.7. The summed E-state index contributed by atoms with van der Waals surface area (Å²) in [7, 11) is 1.53. The zero-order valence-corrected chi connectivity index (χ0v) is 19.4. The predicted molar refractivity (Wildman–Crippen MR) is 122 cm³/mol. The second-order valence-electron chi connectivity index (χ2n) is 8.45. The second-order valence-corrected chi connectivity index (χ2v) is 8.45. The highest BCUT2D eigenvalue weighted by Crippen LogP contribution is 2.28. The Labute approximate surface area is 188 Å². The Morgan fingerprint density at radius 2 is 1.50 bits per heavy atom. The first-order chi connectivity index (χ1) is 15.0. The molecule has 2 unspecified atom stereocenters. The number of nitrogens with one attached hydrogen (secondary N) is 1. The van der Waals surface area contributed by atoms with E-state index in [2.05, 4.69) is 5.32 Å². The van der Waals surface area contributed by atoms with Crippen molar-refractivity contribution in [2.24, 2.45) is 0 Å². The van der Waals surface area contributed by atoms with Crippen molar-refractivity contribution < 1.29 is 19.2 Å². The lowest BCUT2D eigenvalue weighted by Gasteiger charge is -2.39. The van der Waals surface area contributed by atoms with E-state index in [0.717, 1.165) is 16.0 Å². The van der Waals surface area contributed by atoms with E-state index in [1.165, 1.54) is 18.9 Å². The molecule has 0 aromatic heterocycles. The van der Waals surface area contributed by atoms with Crippen LogP contribution >= 0.6 is 0 Å². The van der Waals surface area contributed by atoms with Crippen molar-refractivity contribution in [2.45, 2.75) is 52.6 Å². The Bertz CT molecular complexity index is 1050. The number of anilines is 1. The van der Waals surface area contributed by atoms with Gasteiger partial charge in [0.1, 0.15) is 11.6 Å². The molecule has 168 valence electrons. The van der Waals surface area contributed by atoms with Gasteiger partial charge in [0, 0.05) is 12.7 Å². The maximum atomic E-state index is 13.4. The molecule has 0 fully saturated rings. The molecule has 0 saturated heterocycles. The van der Waals surface area contributed by atoms with Gasteiger partial charge in [0.15, 0.2) is 0 Å². The van der Waals surface area contributed by atoms with Gasteiger partial charge in [-0.3, -0.25) is 24.1 Å². The fourth-order valence-corrected chi connectivity index (χ4v) is 4.00. The van der Waals surface area contributed by atoms with Gasteiger partial charge < -0.3 is 10.2 Å². The average Bonchev–Trinajstić information content (AvgIpc) is 3.04. The van der Waals surface area contributed by atoms with Crippen LogP contribution in [0.15, 0.2) is 42.5 Å². The number of imide groups is 1. The fraction of sp³-hybridized carbons (Fsp3) is 0.360. The number of hydrogen-bond acceptors (Lipinski definition) is 4. The lowest BCUT2D eigenvalue weighted by molar-refractivity contribution is -0.145. The first kappa shape index (κ1) is 23.2. The summed E-state index contributed by atoms with van der Waals surface area (Å²) in [6.07, 6.45) is 0.348. The normalized spacial score (nSPS) is 15.8. The molecule has 2 atom stereocenters. The van der Waals surface area contributed by atoms with Crippen LogP contribution in [0.25, 0.3) is 0 Å². The molecule has 2 aromatic carbocycles. The van der Waals surface area contributed by atoms with E-state index in [4.69, 9.17) is 0 Å². The minimum Gasteiger partial charge on any atom is -0.330 e. The van der Waals surface area contributed by atoms with Crippen LogP contribution in [-0.4, -0.2) is 52.1 Å². The highest BCUT2D eigenvalue weighted by Gasteiger charge is 2.45. The van der Waals surface area contributed by atoms with Gasteiger partial charge in [0.2, 0.25) is 11.8 Å². The summed E-state index contributed by atoms with van der Waals surface area (Å²) in [5.74, 6) is -1.82. The molecule has 7 nitrogen and oxygen atoms in total. The number of likely N-dealkylation sites (N-methyl/N-ethyl adjacent to an activating group) is 1. The number of aryl methyl sites for hydroxylation is 2. The zero-order chi connectivity index (χ0) is 23.8. The Morgan fingerprint density at radius 1 is 1.00 bits per heavy atom. The Balaban J connectivity index is 1.85. The summed E-state index contributed by atoms with van der Waals surface area (Å²) in [6, 6.07) is 11.2. The van der Waals surface area contributed by atoms with E-state index in [-0.39, 0.29) is 17.0 Å². The van der Waals surface area contributed by atoms with Crippen LogP contribution in [0.3, 0.4) is 0 Å². The van der Waals surface area contributed by atoms with Crippen molar-refractivity contribution in [2.75, 3.05) is 12.4 Å². The van der Waals surface area contributed by atoms with Gasteiger partial charge >= 0.3 is 0 Å². The molecule has 0 radical (unpaired) electrons. The number of hydrogen-bond donors (Lipinski definition) is 1. The number of amides is 4. The molecule has 1 aliphatic heterocycles. The van der Waals surface area contributed by atoms with Crippen molar-refractivity contribution in [1.82, 2.24) is 9.80 Å². The third kappa shape index (κ3) is 3.68. The van der Waals surface area contributed by atoms with E-state index in [9.17, 15) is 19.2 Å². The zero-order valence-electron chi connectivity index (χ0n) is 19.4. The van der Waals surface area contributed by atoms with E-state index in [1.807, 2.05) is 39.0 Å². The molecular formula is C25H29N3O4. The van der Waals surface area contributed by atoms with E-state index < -0.39 is 29.3 Å². The quantitative estimate of drug-likeness (QED) is 0.703. The van der Waals surface area contributed by atoms with Gasteiger partial charge in [-0.25, -0.2) is 0 Å². The molecule has 2 aromatic rings. The number of nitrogens with zero attached hydrogens (tertiary/aromatic N) is 2. The van der Waals surface area contributed by atoms with Crippen molar-refractivity contribution in [1.29, 1.82) is 0 Å². The molecular weight excluding hydrogens is 406 g/mol. The number of carbonyl (C=O) groups excluding carboxylic acids is 4. The van der Waals surface area contributed by atoms with Crippen LogP contribution in [0.5, 0.6) is 0 Å². The van der Waals surface area contributed by atoms with Crippen molar-refractivity contribution in [3.8, 4) is 0 Å². The molecule has 0 saturated carbocycles. The van der Waals surface area contributed by atoms with Gasteiger partial charge in [-0.05, 0) is 57.4 Å². The molecule has 0 bridgehead atoms. The predicted octanol–water partition coefficient (Wildman–Crippen LogP) is 3.55. The number of para-hydroxylation sites is 1. The van der Waals surface area contributed by atoms with Crippen LogP contribution in [0.4, 0.5) is 5.69 Å². The lowest BCUT2D eigenvalue weighted by Crippen LogP contribution is -2.59. The van der Waals surface area contributed by atoms with Gasteiger partial charge in [0.25, 0.3) is 11.8 Å². The molecule has 1 N–H and O–H groups in total. The smallest absolute Gasteiger partial charge is 0.262 e. The van der Waals surface area contributed by atoms with Gasteiger partial charge in [-0.2, -0.15) is 0 Å². The molecule has 0 aliphatic carbocycles. The van der Waals surface area contributed by atoms with Crippen LogP contribution in [0.2, 0.25) is 0 Å². The number of benzene rings is 2. The molecule has 3 rings (SSSR count). The average molecular weight is 436 g/mol. The van der Waals surface area contributed by atoms with E-state index >= 15 is 0 Å². The Morgan fingerprint density at radius 3 is 1.97 bits per heavy atom. The minimum absolute atomic E-state index is 0.283. The van der Waals surface area contributed by atoms with Crippen LogP contribution in [0.1, 0.15) is 59.0 Å².